The van der Waals surface area contributed by atoms with E-state index in [1.807, 2.05) is 0 Å². The molecular weight excluding hydrogens is 368 g/mol. The van der Waals surface area contributed by atoms with Gasteiger partial charge in [0.25, 0.3) is 5.56 Å². The molecule has 3 fully saturated rings. The second kappa shape index (κ2) is 9.28. The molecule has 3 aliphatic rings. The van der Waals surface area contributed by atoms with Crippen LogP contribution in [0.4, 0.5) is 5.82 Å². The molecule has 160 valence electrons. The third-order valence-corrected chi connectivity index (χ3v) is 6.98. The molecule has 0 radical (unpaired) electrons. The number of amides is 1. The number of anilines is 1. The van der Waals surface area contributed by atoms with Crippen LogP contribution < -0.4 is 15.8 Å². The van der Waals surface area contributed by atoms with Crippen LogP contribution in [0, 0.1) is 5.92 Å². The minimum atomic E-state index is -0.507. The fraction of sp³-hybridized carbons (Fsp3) is 0.773. The molecule has 2 heterocycles. The minimum Gasteiger partial charge on any atom is -0.391 e. The molecule has 0 aromatic carbocycles. The number of piperidine rings is 1. The molecule has 7 nitrogen and oxygen atoms in total. The lowest BCUT2D eigenvalue weighted by Gasteiger charge is -2.37. The molecule has 0 spiro atoms. The number of aliphatic hydroxyl groups excluding tert-OH is 1. The van der Waals surface area contributed by atoms with Gasteiger partial charge in [-0.2, -0.15) is 5.10 Å². The van der Waals surface area contributed by atoms with Crippen molar-refractivity contribution >= 4 is 11.7 Å². The zero-order chi connectivity index (χ0) is 20.2. The summed E-state index contributed by atoms with van der Waals surface area (Å²) >= 11 is 0. The summed E-state index contributed by atoms with van der Waals surface area (Å²) in [7, 11) is 0. The molecular formula is C22H34N4O3. The van der Waals surface area contributed by atoms with E-state index in [4.69, 9.17) is 0 Å². The van der Waals surface area contributed by atoms with Crippen molar-refractivity contribution in [1.29, 1.82) is 0 Å². The summed E-state index contributed by atoms with van der Waals surface area (Å²) in [5, 5.41) is 18.2. The molecule has 3 atom stereocenters. The summed E-state index contributed by atoms with van der Waals surface area (Å²) < 4.78 is 1.50. The fourth-order valence-electron chi connectivity index (χ4n) is 5.25. The van der Waals surface area contributed by atoms with E-state index < -0.39 is 6.10 Å². The predicted octanol–water partition coefficient (Wildman–Crippen LogP) is 2.38. The number of rotatable bonds is 5. The van der Waals surface area contributed by atoms with Gasteiger partial charge in [-0.1, -0.05) is 25.7 Å². The summed E-state index contributed by atoms with van der Waals surface area (Å²) in [4.78, 5) is 27.2. The summed E-state index contributed by atoms with van der Waals surface area (Å²) in [5.74, 6) is 1.15. The molecule has 1 aliphatic heterocycles. The zero-order valence-corrected chi connectivity index (χ0v) is 17.3. The van der Waals surface area contributed by atoms with Crippen LogP contribution in [0.3, 0.4) is 0 Å². The second-order valence-electron chi connectivity index (χ2n) is 8.96. The van der Waals surface area contributed by atoms with Gasteiger partial charge < -0.3 is 15.3 Å². The van der Waals surface area contributed by atoms with Crippen molar-refractivity contribution in [3.05, 3.63) is 22.5 Å². The van der Waals surface area contributed by atoms with E-state index >= 15 is 0 Å². The van der Waals surface area contributed by atoms with Crippen molar-refractivity contribution in [2.45, 2.75) is 88.8 Å². The highest BCUT2D eigenvalue weighted by Crippen LogP contribution is 2.29. The van der Waals surface area contributed by atoms with Crippen molar-refractivity contribution in [2.75, 3.05) is 18.0 Å². The maximum absolute atomic E-state index is 12.5. The quantitative estimate of drug-likeness (QED) is 0.790. The highest BCUT2D eigenvalue weighted by Gasteiger charge is 2.30. The van der Waals surface area contributed by atoms with Crippen molar-refractivity contribution in [3.63, 3.8) is 0 Å². The van der Waals surface area contributed by atoms with E-state index in [0.717, 1.165) is 83.0 Å². The van der Waals surface area contributed by atoms with Crippen LogP contribution in [0.1, 0.15) is 76.7 Å². The number of hydrogen-bond donors (Lipinski definition) is 2. The number of nitrogens with one attached hydrogen (secondary N) is 1. The highest BCUT2D eigenvalue weighted by molar-refractivity contribution is 5.78. The van der Waals surface area contributed by atoms with E-state index in [1.165, 1.54) is 4.68 Å². The zero-order valence-electron chi connectivity index (χ0n) is 17.3. The summed E-state index contributed by atoms with van der Waals surface area (Å²) in [6.07, 6.45) is 10.6. The van der Waals surface area contributed by atoms with Gasteiger partial charge in [-0.05, 0) is 51.0 Å². The molecule has 2 saturated carbocycles. The first-order valence-electron chi connectivity index (χ1n) is 11.5. The Morgan fingerprint density at radius 1 is 1.03 bits per heavy atom. The largest absolute Gasteiger partial charge is 0.391 e. The van der Waals surface area contributed by atoms with Crippen LogP contribution in [0.2, 0.25) is 0 Å². The Balaban J connectivity index is 1.48. The Morgan fingerprint density at radius 3 is 2.55 bits per heavy atom. The topological polar surface area (TPSA) is 87.5 Å². The first kappa shape index (κ1) is 20.4. The van der Waals surface area contributed by atoms with E-state index in [2.05, 4.69) is 15.3 Å². The standard InChI is InChI=1S/C22H34N4O3/c27-19-11-4-3-10-18(19)26-21(28)13-12-20(24-26)25-14-6-5-9-17(25)15-23-22(29)16-7-1-2-8-16/h12-13,16-19,27H,1-11,14-15H2,(H,23,29). The van der Waals surface area contributed by atoms with Crippen LogP contribution in [0.5, 0.6) is 0 Å². The van der Waals surface area contributed by atoms with Crippen LogP contribution in [-0.4, -0.2) is 46.0 Å². The van der Waals surface area contributed by atoms with Crippen LogP contribution in [-0.2, 0) is 4.79 Å². The number of carbonyl (C=O) groups is 1. The second-order valence-corrected chi connectivity index (χ2v) is 8.96. The number of hydrogen-bond acceptors (Lipinski definition) is 5. The van der Waals surface area contributed by atoms with Crippen molar-refractivity contribution in [3.8, 4) is 0 Å². The van der Waals surface area contributed by atoms with E-state index in [1.54, 1.807) is 12.1 Å². The maximum atomic E-state index is 12.5. The van der Waals surface area contributed by atoms with Crippen LogP contribution in [0.25, 0.3) is 0 Å². The first-order chi connectivity index (χ1) is 14.1. The van der Waals surface area contributed by atoms with Crippen molar-refractivity contribution in [1.82, 2.24) is 15.1 Å². The smallest absolute Gasteiger partial charge is 0.267 e. The molecule has 1 amide bonds. The van der Waals surface area contributed by atoms with E-state index in [9.17, 15) is 14.7 Å². The van der Waals surface area contributed by atoms with Gasteiger partial charge in [0.05, 0.1) is 12.1 Å². The van der Waals surface area contributed by atoms with Gasteiger partial charge in [-0.15, -0.1) is 0 Å². The van der Waals surface area contributed by atoms with Gasteiger partial charge in [0, 0.05) is 31.1 Å². The molecule has 2 aliphatic carbocycles. The third-order valence-electron chi connectivity index (χ3n) is 6.98. The van der Waals surface area contributed by atoms with Crippen LogP contribution >= 0.6 is 0 Å². The Hall–Kier alpha value is -1.89. The fourth-order valence-corrected chi connectivity index (χ4v) is 5.25. The Labute approximate surface area is 172 Å². The maximum Gasteiger partial charge on any atom is 0.267 e. The lowest BCUT2D eigenvalue weighted by atomic mass is 9.93. The van der Waals surface area contributed by atoms with Gasteiger partial charge in [0.1, 0.15) is 5.82 Å². The minimum absolute atomic E-state index is 0.150. The normalized spacial score (nSPS) is 28.4. The average molecular weight is 403 g/mol. The summed E-state index contributed by atoms with van der Waals surface area (Å²) in [5.41, 5.74) is -0.150. The monoisotopic (exact) mass is 402 g/mol. The van der Waals surface area contributed by atoms with Crippen molar-refractivity contribution in [2.24, 2.45) is 5.92 Å². The van der Waals surface area contributed by atoms with E-state index in [-0.39, 0.29) is 29.5 Å². The Bertz CT molecular complexity index is 759. The summed E-state index contributed by atoms with van der Waals surface area (Å²) in [6, 6.07) is 3.34. The Kier molecular flexibility index (Phi) is 6.53. The SMILES string of the molecule is O=C(NCC1CCCCN1c1ccc(=O)n(C2CCCCC2O)n1)C1CCCC1. The predicted molar refractivity (Wildman–Crippen MR) is 112 cm³/mol. The lowest BCUT2D eigenvalue weighted by Crippen LogP contribution is -2.48. The third kappa shape index (κ3) is 4.65. The van der Waals surface area contributed by atoms with Crippen molar-refractivity contribution < 1.29 is 9.90 Å². The Morgan fingerprint density at radius 2 is 1.76 bits per heavy atom. The van der Waals surface area contributed by atoms with Gasteiger partial charge in [0.2, 0.25) is 5.91 Å². The van der Waals surface area contributed by atoms with Gasteiger partial charge in [-0.3, -0.25) is 9.59 Å². The molecule has 1 aromatic heterocycles. The number of aliphatic hydroxyl groups is 1. The molecule has 3 unspecified atom stereocenters. The summed E-state index contributed by atoms with van der Waals surface area (Å²) in [6.45, 7) is 1.50. The molecule has 2 N–H and O–H groups in total. The molecule has 1 aromatic rings. The molecule has 1 saturated heterocycles. The molecule has 7 heteroatoms. The average Bonchev–Trinajstić information content (AvgIpc) is 3.28. The number of aromatic nitrogens is 2. The van der Waals surface area contributed by atoms with Gasteiger partial charge >= 0.3 is 0 Å². The number of carbonyl (C=O) groups excluding carboxylic acids is 1. The lowest BCUT2D eigenvalue weighted by molar-refractivity contribution is -0.124. The first-order valence-corrected chi connectivity index (χ1v) is 11.5. The molecule has 29 heavy (non-hydrogen) atoms. The number of nitrogens with zero attached hydrogens (tertiary/aromatic N) is 3. The molecule has 4 rings (SSSR count). The van der Waals surface area contributed by atoms with Gasteiger partial charge in [-0.25, -0.2) is 4.68 Å². The highest BCUT2D eigenvalue weighted by atomic mass is 16.3. The van der Waals surface area contributed by atoms with Gasteiger partial charge in [0.15, 0.2) is 0 Å². The molecule has 0 bridgehead atoms. The van der Waals surface area contributed by atoms with E-state index in [0.29, 0.717) is 6.54 Å². The van der Waals surface area contributed by atoms with Crippen LogP contribution in [0.15, 0.2) is 16.9 Å².